The molecule has 0 atom stereocenters. The van der Waals surface area contributed by atoms with E-state index < -0.39 is 5.82 Å². The van der Waals surface area contributed by atoms with Gasteiger partial charge in [0.05, 0.1) is 5.69 Å². The van der Waals surface area contributed by atoms with Gasteiger partial charge >= 0.3 is 0 Å². The van der Waals surface area contributed by atoms with Gasteiger partial charge in [0.2, 0.25) is 0 Å². The number of hydrogen-bond donors (Lipinski definition) is 2. The number of thiazole rings is 1. The first-order valence-corrected chi connectivity index (χ1v) is 7.72. The molecule has 0 spiro atoms. The van der Waals surface area contributed by atoms with Crippen LogP contribution in [0.3, 0.4) is 0 Å². The molecule has 1 aliphatic carbocycles. The molecule has 110 valence electrons. The van der Waals surface area contributed by atoms with Gasteiger partial charge in [-0.25, -0.2) is 9.37 Å². The molecule has 0 bridgehead atoms. The standard InChI is InChI=1S/C15H16FN3OS/c1-8-10(16)6-9(7-11(8)17)14(20)19-15-18-12-4-2-3-5-13(12)21-15/h6-7H,2-5,17H2,1H3,(H,18,19,20). The molecule has 0 saturated carbocycles. The highest BCUT2D eigenvalue weighted by atomic mass is 32.1. The van der Waals surface area contributed by atoms with Gasteiger partial charge in [-0.2, -0.15) is 0 Å². The van der Waals surface area contributed by atoms with Gasteiger partial charge in [-0.1, -0.05) is 0 Å². The zero-order chi connectivity index (χ0) is 15.0. The second-order valence-corrected chi connectivity index (χ2v) is 6.31. The predicted molar refractivity (Wildman–Crippen MR) is 82.3 cm³/mol. The number of anilines is 2. The Morgan fingerprint density at radius 1 is 1.38 bits per heavy atom. The van der Waals surface area contributed by atoms with Crippen LogP contribution in [0.5, 0.6) is 0 Å². The van der Waals surface area contributed by atoms with Crippen LogP contribution in [0.4, 0.5) is 15.2 Å². The van der Waals surface area contributed by atoms with Crippen molar-refractivity contribution in [3.8, 4) is 0 Å². The Hall–Kier alpha value is -1.95. The minimum absolute atomic E-state index is 0.212. The van der Waals surface area contributed by atoms with E-state index in [0.717, 1.165) is 25.0 Å². The largest absolute Gasteiger partial charge is 0.398 e. The van der Waals surface area contributed by atoms with E-state index >= 15 is 0 Å². The summed E-state index contributed by atoms with van der Waals surface area (Å²) in [5.74, 6) is -0.856. The summed E-state index contributed by atoms with van der Waals surface area (Å²) < 4.78 is 13.7. The first-order valence-electron chi connectivity index (χ1n) is 6.90. The maximum Gasteiger partial charge on any atom is 0.257 e. The van der Waals surface area contributed by atoms with E-state index in [9.17, 15) is 9.18 Å². The average Bonchev–Trinajstić information content (AvgIpc) is 2.86. The monoisotopic (exact) mass is 305 g/mol. The molecule has 1 heterocycles. The van der Waals surface area contributed by atoms with Crippen molar-refractivity contribution in [2.75, 3.05) is 11.1 Å². The second kappa shape index (κ2) is 5.44. The van der Waals surface area contributed by atoms with Gasteiger partial charge in [0, 0.05) is 21.7 Å². The van der Waals surface area contributed by atoms with E-state index in [0.29, 0.717) is 10.7 Å². The molecule has 0 fully saturated rings. The van der Waals surface area contributed by atoms with Gasteiger partial charge < -0.3 is 5.73 Å². The molecular weight excluding hydrogens is 289 g/mol. The third-order valence-corrected chi connectivity index (χ3v) is 4.79. The first kappa shape index (κ1) is 14.0. The van der Waals surface area contributed by atoms with E-state index in [2.05, 4.69) is 10.3 Å². The number of hydrogen-bond acceptors (Lipinski definition) is 4. The molecule has 0 saturated heterocycles. The van der Waals surface area contributed by atoms with E-state index in [4.69, 9.17) is 5.73 Å². The summed E-state index contributed by atoms with van der Waals surface area (Å²) in [5, 5.41) is 3.31. The Labute approximate surface area is 126 Å². The summed E-state index contributed by atoms with van der Waals surface area (Å²) in [4.78, 5) is 17.9. The van der Waals surface area contributed by atoms with Gasteiger partial charge in [-0.15, -0.1) is 11.3 Å². The average molecular weight is 305 g/mol. The summed E-state index contributed by atoms with van der Waals surface area (Å²) in [7, 11) is 0. The molecule has 1 aromatic carbocycles. The van der Waals surface area contributed by atoms with Crippen LogP contribution in [0, 0.1) is 12.7 Å². The fraction of sp³-hybridized carbons (Fsp3) is 0.333. The number of nitrogens with two attached hydrogens (primary N) is 1. The minimum Gasteiger partial charge on any atom is -0.398 e. The second-order valence-electron chi connectivity index (χ2n) is 5.22. The molecule has 21 heavy (non-hydrogen) atoms. The number of nitrogens with zero attached hydrogens (tertiary/aromatic N) is 1. The molecule has 3 N–H and O–H groups in total. The van der Waals surface area contributed by atoms with Crippen molar-refractivity contribution < 1.29 is 9.18 Å². The van der Waals surface area contributed by atoms with E-state index in [-0.39, 0.29) is 17.2 Å². The molecule has 0 radical (unpaired) electrons. The molecule has 1 aliphatic rings. The topological polar surface area (TPSA) is 68.0 Å². The van der Waals surface area contributed by atoms with Crippen LogP contribution in [-0.2, 0) is 12.8 Å². The van der Waals surface area contributed by atoms with Gasteiger partial charge in [-0.3, -0.25) is 10.1 Å². The fourth-order valence-corrected chi connectivity index (χ4v) is 3.45. The highest BCUT2D eigenvalue weighted by Crippen LogP contribution is 2.30. The number of fused-ring (bicyclic) bond motifs is 1. The third kappa shape index (κ3) is 2.76. The van der Waals surface area contributed by atoms with Crippen molar-refractivity contribution in [2.45, 2.75) is 32.6 Å². The maximum absolute atomic E-state index is 13.7. The van der Waals surface area contributed by atoms with Gasteiger partial charge in [0.15, 0.2) is 5.13 Å². The molecular formula is C15H16FN3OS. The summed E-state index contributed by atoms with van der Waals surface area (Å²) in [5.41, 5.74) is 7.62. The van der Waals surface area contributed by atoms with Crippen LogP contribution in [-0.4, -0.2) is 10.9 Å². The number of amides is 1. The number of aryl methyl sites for hydroxylation is 2. The maximum atomic E-state index is 13.7. The molecule has 4 nitrogen and oxygen atoms in total. The molecule has 2 aromatic rings. The highest BCUT2D eigenvalue weighted by Gasteiger charge is 2.17. The van der Waals surface area contributed by atoms with E-state index in [1.807, 2.05) is 0 Å². The first-order chi connectivity index (χ1) is 10.0. The van der Waals surface area contributed by atoms with E-state index in [1.54, 1.807) is 6.92 Å². The smallest absolute Gasteiger partial charge is 0.257 e. The minimum atomic E-state index is -0.474. The Morgan fingerprint density at radius 3 is 2.86 bits per heavy atom. The number of rotatable bonds is 2. The lowest BCUT2D eigenvalue weighted by molar-refractivity contribution is 0.102. The zero-order valence-corrected chi connectivity index (χ0v) is 12.5. The summed E-state index contributed by atoms with van der Waals surface area (Å²) in [6.45, 7) is 1.58. The van der Waals surface area contributed by atoms with Crippen molar-refractivity contribution in [2.24, 2.45) is 0 Å². The van der Waals surface area contributed by atoms with Crippen LogP contribution < -0.4 is 11.1 Å². The number of nitrogen functional groups attached to an aromatic ring is 1. The lowest BCUT2D eigenvalue weighted by Crippen LogP contribution is -2.13. The fourth-order valence-electron chi connectivity index (χ4n) is 2.41. The highest BCUT2D eigenvalue weighted by molar-refractivity contribution is 7.15. The molecule has 6 heteroatoms. The Bertz CT molecular complexity index is 664. The summed E-state index contributed by atoms with van der Waals surface area (Å²) in [6, 6.07) is 2.69. The Kier molecular flexibility index (Phi) is 3.63. The molecule has 0 unspecified atom stereocenters. The number of nitrogens with one attached hydrogen (secondary N) is 1. The van der Waals surface area contributed by atoms with Crippen LogP contribution in [0.15, 0.2) is 12.1 Å². The van der Waals surface area contributed by atoms with Crippen LogP contribution in [0.25, 0.3) is 0 Å². The van der Waals surface area contributed by atoms with Crippen molar-refractivity contribution in [1.29, 1.82) is 0 Å². The SMILES string of the molecule is Cc1c(N)cc(C(=O)Nc2nc3c(s2)CCCC3)cc1F. The number of halogens is 1. The van der Waals surface area contributed by atoms with Gasteiger partial charge in [0.25, 0.3) is 5.91 Å². The molecule has 1 amide bonds. The normalized spacial score (nSPS) is 13.8. The third-order valence-electron chi connectivity index (χ3n) is 3.71. The number of benzene rings is 1. The number of carbonyl (C=O) groups excluding carboxylic acids is 1. The lowest BCUT2D eigenvalue weighted by atomic mass is 10.0. The van der Waals surface area contributed by atoms with Crippen molar-refractivity contribution in [3.05, 3.63) is 39.6 Å². The van der Waals surface area contributed by atoms with Crippen molar-refractivity contribution in [3.63, 3.8) is 0 Å². The quantitative estimate of drug-likeness (QED) is 0.836. The lowest BCUT2D eigenvalue weighted by Gasteiger charge is -2.06. The zero-order valence-electron chi connectivity index (χ0n) is 11.7. The Morgan fingerprint density at radius 2 is 2.14 bits per heavy atom. The van der Waals surface area contributed by atoms with Gasteiger partial charge in [0.1, 0.15) is 5.82 Å². The number of aromatic nitrogens is 1. The van der Waals surface area contributed by atoms with Crippen LogP contribution in [0.2, 0.25) is 0 Å². The van der Waals surface area contributed by atoms with Gasteiger partial charge in [-0.05, 0) is 44.7 Å². The van der Waals surface area contributed by atoms with Crippen LogP contribution in [0.1, 0.15) is 39.3 Å². The van der Waals surface area contributed by atoms with Crippen LogP contribution >= 0.6 is 11.3 Å². The molecule has 0 aliphatic heterocycles. The number of carbonyl (C=O) groups is 1. The predicted octanol–water partition coefficient (Wildman–Crippen LogP) is 3.30. The van der Waals surface area contributed by atoms with E-state index in [1.165, 1.54) is 34.8 Å². The summed E-state index contributed by atoms with van der Waals surface area (Å²) in [6.07, 6.45) is 4.30. The van der Waals surface area contributed by atoms with Crippen molar-refractivity contribution in [1.82, 2.24) is 4.98 Å². The Balaban J connectivity index is 1.81. The van der Waals surface area contributed by atoms with Crippen molar-refractivity contribution >= 4 is 28.1 Å². The molecule has 3 rings (SSSR count). The summed E-state index contributed by atoms with van der Waals surface area (Å²) >= 11 is 1.50. The molecule has 1 aromatic heterocycles.